The first-order valence-electron chi connectivity index (χ1n) is 7.53. The zero-order valence-electron chi connectivity index (χ0n) is 12.8. The van der Waals surface area contributed by atoms with E-state index in [9.17, 15) is 4.79 Å². The number of hydrogen-bond acceptors (Lipinski definition) is 3. The van der Waals surface area contributed by atoms with Gasteiger partial charge in [-0.3, -0.25) is 0 Å². The van der Waals surface area contributed by atoms with E-state index >= 15 is 0 Å². The van der Waals surface area contributed by atoms with E-state index in [-0.39, 0.29) is 18.6 Å². The topological polar surface area (TPSA) is 47.6 Å². The summed E-state index contributed by atoms with van der Waals surface area (Å²) in [4.78, 5) is 12.0. The van der Waals surface area contributed by atoms with Crippen molar-refractivity contribution in [3.8, 4) is 5.75 Å². The van der Waals surface area contributed by atoms with Crippen LogP contribution in [-0.4, -0.2) is 18.7 Å². The summed E-state index contributed by atoms with van der Waals surface area (Å²) >= 11 is 3.44. The average molecular weight is 376 g/mol. The summed E-state index contributed by atoms with van der Waals surface area (Å²) in [6.45, 7) is 2.78. The molecule has 0 aliphatic carbocycles. The standard InChI is InChI=1S/C18H18BrNO3/c1-12-15-8-7-14(19)9-17(15)22-11-16(12)20-18(21)23-10-13-5-3-2-4-6-13/h2-9,12,16H,10-11H2,1H3,(H,20,21). The van der Waals surface area contributed by atoms with Crippen molar-refractivity contribution in [3.63, 3.8) is 0 Å². The Morgan fingerprint density at radius 1 is 1.30 bits per heavy atom. The molecule has 23 heavy (non-hydrogen) atoms. The van der Waals surface area contributed by atoms with E-state index in [0.29, 0.717) is 6.61 Å². The predicted octanol–water partition coefficient (Wildman–Crippen LogP) is 4.24. The molecule has 2 aromatic rings. The van der Waals surface area contributed by atoms with Crippen LogP contribution >= 0.6 is 15.9 Å². The van der Waals surface area contributed by atoms with E-state index in [2.05, 4.69) is 28.2 Å². The van der Waals surface area contributed by atoms with Gasteiger partial charge in [0, 0.05) is 10.4 Å². The second kappa shape index (κ2) is 7.04. The summed E-state index contributed by atoms with van der Waals surface area (Å²) in [6, 6.07) is 15.5. The van der Waals surface area contributed by atoms with Crippen molar-refractivity contribution in [1.29, 1.82) is 0 Å². The van der Waals surface area contributed by atoms with Crippen LogP contribution in [0.4, 0.5) is 4.79 Å². The van der Waals surface area contributed by atoms with Crippen LogP contribution in [0.3, 0.4) is 0 Å². The molecule has 1 amide bonds. The molecule has 1 N–H and O–H groups in total. The summed E-state index contributed by atoms with van der Waals surface area (Å²) in [6.07, 6.45) is -0.421. The molecule has 0 aromatic heterocycles. The Morgan fingerprint density at radius 2 is 2.09 bits per heavy atom. The van der Waals surface area contributed by atoms with Crippen LogP contribution in [0.5, 0.6) is 5.75 Å². The fourth-order valence-corrected chi connectivity index (χ4v) is 2.97. The maximum Gasteiger partial charge on any atom is 0.407 e. The lowest BCUT2D eigenvalue weighted by atomic mass is 9.91. The maximum atomic E-state index is 12.0. The molecule has 2 atom stereocenters. The molecule has 4 nitrogen and oxygen atoms in total. The number of amides is 1. The number of carbonyl (C=O) groups is 1. The molecule has 0 bridgehead atoms. The molecule has 120 valence electrons. The maximum absolute atomic E-state index is 12.0. The van der Waals surface area contributed by atoms with Gasteiger partial charge in [-0.2, -0.15) is 0 Å². The second-order valence-electron chi connectivity index (χ2n) is 5.59. The lowest BCUT2D eigenvalue weighted by molar-refractivity contribution is 0.125. The van der Waals surface area contributed by atoms with E-state index in [1.165, 1.54) is 0 Å². The van der Waals surface area contributed by atoms with Crippen molar-refractivity contribution >= 4 is 22.0 Å². The van der Waals surface area contributed by atoms with E-state index in [0.717, 1.165) is 21.3 Å². The number of ether oxygens (including phenoxy) is 2. The fourth-order valence-electron chi connectivity index (χ4n) is 2.63. The van der Waals surface area contributed by atoms with Crippen molar-refractivity contribution in [2.45, 2.75) is 25.5 Å². The minimum absolute atomic E-state index is 0.105. The van der Waals surface area contributed by atoms with Crippen LogP contribution < -0.4 is 10.1 Å². The number of hydrogen-bond donors (Lipinski definition) is 1. The molecular weight excluding hydrogens is 358 g/mol. The van der Waals surface area contributed by atoms with Gasteiger partial charge in [-0.25, -0.2) is 4.79 Å². The molecule has 1 aliphatic heterocycles. The highest BCUT2D eigenvalue weighted by atomic mass is 79.9. The average Bonchev–Trinajstić information content (AvgIpc) is 2.56. The van der Waals surface area contributed by atoms with E-state index in [1.807, 2.05) is 48.5 Å². The molecule has 1 aliphatic rings. The van der Waals surface area contributed by atoms with Crippen LogP contribution in [0.2, 0.25) is 0 Å². The third-order valence-corrected chi connectivity index (χ3v) is 4.50. The number of halogens is 1. The van der Waals surface area contributed by atoms with Gasteiger partial charge in [0.25, 0.3) is 0 Å². The van der Waals surface area contributed by atoms with E-state index < -0.39 is 6.09 Å². The summed E-state index contributed by atoms with van der Waals surface area (Å²) in [5.41, 5.74) is 2.05. The van der Waals surface area contributed by atoms with Crippen molar-refractivity contribution in [2.75, 3.05) is 6.61 Å². The minimum atomic E-state index is -0.421. The van der Waals surface area contributed by atoms with Crippen LogP contribution in [0.25, 0.3) is 0 Å². The molecule has 1 heterocycles. The van der Waals surface area contributed by atoms with Crippen LogP contribution in [0.1, 0.15) is 24.0 Å². The highest BCUT2D eigenvalue weighted by Crippen LogP contribution is 2.35. The van der Waals surface area contributed by atoms with Gasteiger partial charge in [0.15, 0.2) is 0 Å². The number of rotatable bonds is 3. The highest BCUT2D eigenvalue weighted by Gasteiger charge is 2.29. The Bertz CT molecular complexity index is 690. The van der Waals surface area contributed by atoms with Crippen LogP contribution in [-0.2, 0) is 11.3 Å². The molecular formula is C18H18BrNO3. The fraction of sp³-hybridized carbons (Fsp3) is 0.278. The highest BCUT2D eigenvalue weighted by molar-refractivity contribution is 9.10. The number of fused-ring (bicyclic) bond motifs is 1. The molecule has 0 spiro atoms. The number of alkyl carbamates (subject to hydrolysis) is 1. The molecule has 2 unspecified atom stereocenters. The summed E-state index contributed by atoms with van der Waals surface area (Å²) in [5, 5.41) is 2.90. The third-order valence-electron chi connectivity index (χ3n) is 4.00. The van der Waals surface area contributed by atoms with Gasteiger partial charge in [-0.15, -0.1) is 0 Å². The van der Waals surface area contributed by atoms with Crippen molar-refractivity contribution < 1.29 is 14.3 Å². The Hall–Kier alpha value is -2.01. The molecule has 0 fully saturated rings. The zero-order chi connectivity index (χ0) is 16.2. The van der Waals surface area contributed by atoms with Crippen molar-refractivity contribution in [1.82, 2.24) is 5.32 Å². The van der Waals surface area contributed by atoms with Gasteiger partial charge in [-0.1, -0.05) is 59.3 Å². The number of benzene rings is 2. The Kier molecular flexibility index (Phi) is 4.86. The predicted molar refractivity (Wildman–Crippen MR) is 91.6 cm³/mol. The largest absolute Gasteiger partial charge is 0.491 e. The van der Waals surface area contributed by atoms with Gasteiger partial charge < -0.3 is 14.8 Å². The summed E-state index contributed by atoms with van der Waals surface area (Å²) in [5.74, 6) is 1.03. The van der Waals surface area contributed by atoms with Crippen molar-refractivity contribution in [3.05, 3.63) is 64.1 Å². The van der Waals surface area contributed by atoms with E-state index in [4.69, 9.17) is 9.47 Å². The normalized spacial score (nSPS) is 19.4. The molecule has 3 rings (SSSR count). The van der Waals surface area contributed by atoms with E-state index in [1.54, 1.807) is 0 Å². The van der Waals surface area contributed by atoms with Gasteiger partial charge in [-0.05, 0) is 23.3 Å². The lowest BCUT2D eigenvalue weighted by Gasteiger charge is -2.31. The quantitative estimate of drug-likeness (QED) is 0.872. The van der Waals surface area contributed by atoms with Gasteiger partial charge in [0.2, 0.25) is 0 Å². The lowest BCUT2D eigenvalue weighted by Crippen LogP contribution is -2.44. The Balaban J connectivity index is 1.58. The molecule has 0 saturated carbocycles. The van der Waals surface area contributed by atoms with Gasteiger partial charge >= 0.3 is 6.09 Å². The van der Waals surface area contributed by atoms with Gasteiger partial charge in [0.1, 0.15) is 19.0 Å². The Labute approximate surface area is 143 Å². The first-order valence-corrected chi connectivity index (χ1v) is 8.32. The first kappa shape index (κ1) is 15.9. The third kappa shape index (κ3) is 3.85. The molecule has 0 radical (unpaired) electrons. The second-order valence-corrected chi connectivity index (χ2v) is 6.51. The molecule has 5 heteroatoms. The monoisotopic (exact) mass is 375 g/mol. The SMILES string of the molecule is CC1c2ccc(Br)cc2OCC1NC(=O)OCc1ccccc1. The van der Waals surface area contributed by atoms with Crippen molar-refractivity contribution in [2.24, 2.45) is 0 Å². The summed E-state index contributed by atoms with van der Waals surface area (Å²) < 4.78 is 12.0. The first-order chi connectivity index (χ1) is 11.1. The van der Waals surface area contributed by atoms with Crippen LogP contribution in [0.15, 0.2) is 53.0 Å². The zero-order valence-corrected chi connectivity index (χ0v) is 14.4. The van der Waals surface area contributed by atoms with Gasteiger partial charge in [0.05, 0.1) is 6.04 Å². The summed E-state index contributed by atoms with van der Waals surface area (Å²) in [7, 11) is 0. The Morgan fingerprint density at radius 3 is 2.87 bits per heavy atom. The number of carbonyl (C=O) groups excluding carboxylic acids is 1. The molecule has 0 saturated heterocycles. The molecule has 2 aromatic carbocycles. The smallest absolute Gasteiger partial charge is 0.407 e. The number of nitrogens with one attached hydrogen (secondary N) is 1. The minimum Gasteiger partial charge on any atom is -0.491 e. The van der Waals surface area contributed by atoms with Crippen LogP contribution in [0, 0.1) is 0 Å².